The largest absolute Gasteiger partial charge is 0.380 e. The molecule has 1 aromatic carbocycles. The van der Waals surface area contributed by atoms with Crippen LogP contribution < -0.4 is 0 Å². The van der Waals surface area contributed by atoms with Crippen LogP contribution in [-0.4, -0.2) is 57.9 Å². The number of fused-ring (bicyclic) bond motifs is 2. The summed E-state index contributed by atoms with van der Waals surface area (Å²) in [6, 6.07) is 6.82. The van der Waals surface area contributed by atoms with Crippen LogP contribution in [0.5, 0.6) is 0 Å². The van der Waals surface area contributed by atoms with Crippen LogP contribution in [0.25, 0.3) is 10.1 Å². The van der Waals surface area contributed by atoms with E-state index in [1.807, 2.05) is 18.2 Å². The molecule has 0 bridgehead atoms. The zero-order valence-corrected chi connectivity index (χ0v) is 15.2. The van der Waals surface area contributed by atoms with Gasteiger partial charge in [-0.3, -0.25) is 0 Å². The Bertz CT molecular complexity index is 979. The van der Waals surface area contributed by atoms with Gasteiger partial charge in [-0.1, -0.05) is 18.2 Å². The number of ether oxygens (including phenoxy) is 1. The molecule has 0 spiro atoms. The van der Waals surface area contributed by atoms with E-state index >= 15 is 0 Å². The van der Waals surface area contributed by atoms with E-state index in [0.717, 1.165) is 4.70 Å². The Kier molecular flexibility index (Phi) is 3.96. The SMILES string of the molecule is O=S1(=O)CCN(S(=O)(=O)c2csc3ccccc23)[C@@H]2CCOC[C@@H]21. The van der Waals surface area contributed by atoms with E-state index in [-0.39, 0.29) is 23.8 Å². The molecule has 1 aromatic heterocycles. The summed E-state index contributed by atoms with van der Waals surface area (Å²) in [6.45, 7) is 0.465. The first-order valence-corrected chi connectivity index (χ1v) is 11.7. The summed E-state index contributed by atoms with van der Waals surface area (Å²) in [5, 5.41) is 1.58. The van der Waals surface area contributed by atoms with Gasteiger partial charge < -0.3 is 4.74 Å². The summed E-state index contributed by atoms with van der Waals surface area (Å²) in [4.78, 5) is 0.271. The van der Waals surface area contributed by atoms with Crippen molar-refractivity contribution in [1.82, 2.24) is 4.31 Å². The highest BCUT2D eigenvalue weighted by Gasteiger charge is 2.48. The van der Waals surface area contributed by atoms with Gasteiger partial charge in [0.1, 0.15) is 10.1 Å². The predicted molar refractivity (Wildman–Crippen MR) is 92.5 cm³/mol. The Morgan fingerprint density at radius 3 is 2.88 bits per heavy atom. The highest BCUT2D eigenvalue weighted by atomic mass is 32.2. The number of benzene rings is 1. The Morgan fingerprint density at radius 2 is 2.04 bits per heavy atom. The maximum absolute atomic E-state index is 13.2. The van der Waals surface area contributed by atoms with Gasteiger partial charge in [0, 0.05) is 34.7 Å². The monoisotopic (exact) mass is 387 g/mol. The first-order chi connectivity index (χ1) is 11.4. The number of sulfonamides is 1. The number of rotatable bonds is 2. The Morgan fingerprint density at radius 1 is 1.25 bits per heavy atom. The first kappa shape index (κ1) is 16.5. The van der Waals surface area contributed by atoms with E-state index in [1.165, 1.54) is 15.6 Å². The van der Waals surface area contributed by atoms with Crippen molar-refractivity contribution in [1.29, 1.82) is 0 Å². The molecule has 4 rings (SSSR count). The maximum atomic E-state index is 13.2. The molecular formula is C15H17NO5S3. The summed E-state index contributed by atoms with van der Waals surface area (Å²) >= 11 is 1.39. The summed E-state index contributed by atoms with van der Waals surface area (Å²) in [6.07, 6.45) is 0.408. The van der Waals surface area contributed by atoms with Gasteiger partial charge in [-0.05, 0) is 12.5 Å². The molecule has 2 aliphatic rings. The van der Waals surface area contributed by atoms with Crippen molar-refractivity contribution in [3.63, 3.8) is 0 Å². The van der Waals surface area contributed by atoms with Gasteiger partial charge in [-0.15, -0.1) is 11.3 Å². The van der Waals surface area contributed by atoms with E-state index < -0.39 is 31.2 Å². The van der Waals surface area contributed by atoms with Gasteiger partial charge in [0.2, 0.25) is 10.0 Å². The molecule has 0 N–H and O–H groups in total. The lowest BCUT2D eigenvalue weighted by molar-refractivity contribution is 0.0590. The number of sulfone groups is 1. The molecule has 0 unspecified atom stereocenters. The zero-order valence-electron chi connectivity index (χ0n) is 12.8. The maximum Gasteiger partial charge on any atom is 0.244 e. The number of nitrogens with zero attached hydrogens (tertiary/aromatic N) is 1. The molecule has 2 atom stereocenters. The molecule has 0 saturated carbocycles. The van der Waals surface area contributed by atoms with Crippen molar-refractivity contribution in [2.24, 2.45) is 0 Å². The molecule has 2 fully saturated rings. The lowest BCUT2D eigenvalue weighted by atomic mass is 10.1. The van der Waals surface area contributed by atoms with Crippen LogP contribution in [0.4, 0.5) is 0 Å². The highest BCUT2D eigenvalue weighted by Crippen LogP contribution is 2.35. The second kappa shape index (κ2) is 5.77. The van der Waals surface area contributed by atoms with Gasteiger partial charge in [-0.2, -0.15) is 4.31 Å². The topological polar surface area (TPSA) is 80.8 Å². The minimum Gasteiger partial charge on any atom is -0.380 e. The van der Waals surface area contributed by atoms with Crippen LogP contribution >= 0.6 is 11.3 Å². The van der Waals surface area contributed by atoms with E-state index in [9.17, 15) is 16.8 Å². The van der Waals surface area contributed by atoms with Gasteiger partial charge in [-0.25, -0.2) is 16.8 Å². The van der Waals surface area contributed by atoms with Gasteiger partial charge in [0.15, 0.2) is 9.84 Å². The van der Waals surface area contributed by atoms with E-state index in [2.05, 4.69) is 0 Å². The first-order valence-electron chi connectivity index (χ1n) is 7.69. The summed E-state index contributed by atoms with van der Waals surface area (Å²) in [7, 11) is -7.06. The number of thiophene rings is 1. The van der Waals surface area contributed by atoms with Crippen LogP contribution in [0.15, 0.2) is 34.5 Å². The minimum absolute atomic E-state index is 0.00993. The summed E-state index contributed by atoms with van der Waals surface area (Å²) in [5.41, 5.74) is 0. The molecule has 2 saturated heterocycles. The quantitative estimate of drug-likeness (QED) is 0.780. The molecule has 0 amide bonds. The molecule has 130 valence electrons. The van der Waals surface area contributed by atoms with Crippen molar-refractivity contribution in [3.05, 3.63) is 29.6 Å². The fraction of sp³-hybridized carbons (Fsp3) is 0.467. The molecule has 3 heterocycles. The Labute approximate surface area is 145 Å². The number of hydrogen-bond donors (Lipinski definition) is 0. The van der Waals surface area contributed by atoms with Crippen molar-refractivity contribution in [2.75, 3.05) is 25.5 Å². The molecule has 9 heteroatoms. The third-order valence-corrected chi connectivity index (χ3v) is 9.93. The summed E-state index contributed by atoms with van der Waals surface area (Å²) in [5.74, 6) is -0.154. The Balaban J connectivity index is 1.79. The second-order valence-corrected chi connectivity index (χ2v) is 11.2. The fourth-order valence-corrected chi connectivity index (χ4v) is 8.66. The lowest BCUT2D eigenvalue weighted by Gasteiger charge is -2.42. The van der Waals surface area contributed by atoms with E-state index in [1.54, 1.807) is 11.4 Å². The normalized spacial score (nSPS) is 27.8. The Hall–Kier alpha value is -1.00. The third kappa shape index (κ3) is 2.50. The standard InChI is InChI=1S/C15H17NO5S3/c17-23(18)8-6-16(12-5-7-21-9-14(12)23)24(19,20)15-10-22-13-4-2-1-3-11(13)15/h1-4,10,12,14H,5-9H2/t12-,14+/m1/s1. The average Bonchev–Trinajstić information content (AvgIpc) is 2.99. The van der Waals surface area contributed by atoms with Gasteiger partial charge in [0.05, 0.1) is 12.4 Å². The molecule has 6 nitrogen and oxygen atoms in total. The zero-order chi connectivity index (χ0) is 16.9. The molecule has 2 aromatic rings. The molecule has 0 aliphatic carbocycles. The lowest BCUT2D eigenvalue weighted by Crippen LogP contribution is -2.59. The summed E-state index contributed by atoms with van der Waals surface area (Å²) < 4.78 is 58.6. The van der Waals surface area contributed by atoms with Gasteiger partial charge >= 0.3 is 0 Å². The molecule has 0 radical (unpaired) electrons. The second-order valence-electron chi connectivity index (χ2n) is 6.05. The van der Waals surface area contributed by atoms with Crippen LogP contribution in [0.3, 0.4) is 0 Å². The fourth-order valence-electron chi connectivity index (χ4n) is 3.49. The predicted octanol–water partition coefficient (Wildman–Crippen LogP) is 1.48. The third-order valence-electron chi connectivity index (χ3n) is 4.73. The minimum atomic E-state index is -3.74. The van der Waals surface area contributed by atoms with Crippen molar-refractivity contribution in [3.8, 4) is 0 Å². The molecule has 2 aliphatic heterocycles. The average molecular weight is 388 g/mol. The molecule has 24 heavy (non-hydrogen) atoms. The smallest absolute Gasteiger partial charge is 0.244 e. The number of hydrogen-bond acceptors (Lipinski definition) is 6. The van der Waals surface area contributed by atoms with Crippen molar-refractivity contribution in [2.45, 2.75) is 22.6 Å². The van der Waals surface area contributed by atoms with Crippen molar-refractivity contribution >= 4 is 41.3 Å². The van der Waals surface area contributed by atoms with Crippen molar-refractivity contribution < 1.29 is 21.6 Å². The van der Waals surface area contributed by atoms with Crippen LogP contribution in [-0.2, 0) is 24.6 Å². The van der Waals surface area contributed by atoms with E-state index in [4.69, 9.17) is 4.74 Å². The van der Waals surface area contributed by atoms with E-state index in [0.29, 0.717) is 18.4 Å². The van der Waals surface area contributed by atoms with Crippen LogP contribution in [0.1, 0.15) is 6.42 Å². The van der Waals surface area contributed by atoms with Crippen LogP contribution in [0.2, 0.25) is 0 Å². The van der Waals surface area contributed by atoms with Crippen LogP contribution in [0, 0.1) is 0 Å². The van der Waals surface area contributed by atoms with Gasteiger partial charge in [0.25, 0.3) is 0 Å². The molecular weight excluding hydrogens is 370 g/mol. The highest BCUT2D eigenvalue weighted by molar-refractivity contribution is 7.92.